The van der Waals surface area contributed by atoms with Crippen LogP contribution in [-0.4, -0.2) is 37.2 Å². The highest BCUT2D eigenvalue weighted by Crippen LogP contribution is 2.13. The van der Waals surface area contributed by atoms with Crippen LogP contribution in [-0.2, 0) is 17.8 Å². The van der Waals surface area contributed by atoms with Crippen LogP contribution in [0.25, 0.3) is 0 Å². The molecule has 0 radical (unpaired) electrons. The number of halogens is 1. The Morgan fingerprint density at radius 1 is 1.19 bits per heavy atom. The molecule has 2 rings (SSSR count). The molecule has 0 fully saturated rings. The Balaban J connectivity index is 0.00000364. The summed E-state index contributed by atoms with van der Waals surface area (Å²) in [6.45, 7) is 5.33. The molecule has 0 aliphatic rings. The first-order valence-electron chi connectivity index (χ1n) is 8.79. The molecule has 1 amide bonds. The Labute approximate surface area is 177 Å². The topological polar surface area (TPSA) is 91.5 Å². The zero-order chi connectivity index (χ0) is 18.8. The summed E-state index contributed by atoms with van der Waals surface area (Å²) in [5.41, 5.74) is 2.12. The van der Waals surface area contributed by atoms with Gasteiger partial charge in [-0.25, -0.2) is 0 Å². The fourth-order valence-corrected chi connectivity index (χ4v) is 2.29. The van der Waals surface area contributed by atoms with E-state index in [9.17, 15) is 4.79 Å². The summed E-state index contributed by atoms with van der Waals surface area (Å²) < 4.78 is 5.27. The maximum atomic E-state index is 11.9. The van der Waals surface area contributed by atoms with Crippen LogP contribution in [0.3, 0.4) is 0 Å². The quantitative estimate of drug-likeness (QED) is 0.304. The van der Waals surface area contributed by atoms with Gasteiger partial charge in [-0.2, -0.15) is 0 Å². The van der Waals surface area contributed by atoms with Crippen molar-refractivity contribution in [1.29, 1.82) is 0 Å². The Morgan fingerprint density at radius 3 is 2.56 bits per heavy atom. The van der Waals surface area contributed by atoms with E-state index in [1.165, 1.54) is 5.56 Å². The summed E-state index contributed by atoms with van der Waals surface area (Å²) in [5, 5.41) is 13.0. The van der Waals surface area contributed by atoms with Gasteiger partial charge in [0.15, 0.2) is 11.7 Å². The SMILES string of the molecule is CN=C(NCC(=O)NCCc1ccccc1)NCc1cc(C(C)C)no1.I. The van der Waals surface area contributed by atoms with E-state index in [4.69, 9.17) is 4.52 Å². The van der Waals surface area contributed by atoms with Crippen molar-refractivity contribution in [2.45, 2.75) is 32.7 Å². The number of carbonyl (C=O) groups excluding carboxylic acids is 1. The number of aromatic nitrogens is 1. The van der Waals surface area contributed by atoms with Gasteiger partial charge in [-0.3, -0.25) is 9.79 Å². The average molecular weight is 485 g/mol. The van der Waals surface area contributed by atoms with Gasteiger partial charge < -0.3 is 20.5 Å². The number of nitrogens with zero attached hydrogens (tertiary/aromatic N) is 2. The van der Waals surface area contributed by atoms with E-state index in [1.807, 2.05) is 36.4 Å². The summed E-state index contributed by atoms with van der Waals surface area (Å²) in [4.78, 5) is 16.0. The summed E-state index contributed by atoms with van der Waals surface area (Å²) in [5.74, 6) is 1.50. The molecule has 0 saturated carbocycles. The smallest absolute Gasteiger partial charge is 0.239 e. The van der Waals surface area contributed by atoms with Gasteiger partial charge in [0, 0.05) is 19.7 Å². The fourth-order valence-electron chi connectivity index (χ4n) is 2.29. The summed E-state index contributed by atoms with van der Waals surface area (Å²) in [7, 11) is 1.66. The monoisotopic (exact) mass is 485 g/mol. The molecule has 1 aromatic heterocycles. The van der Waals surface area contributed by atoms with Crippen molar-refractivity contribution in [2.24, 2.45) is 4.99 Å². The van der Waals surface area contributed by atoms with Crippen molar-refractivity contribution < 1.29 is 9.32 Å². The minimum atomic E-state index is -0.0781. The average Bonchev–Trinajstić information content (AvgIpc) is 3.12. The van der Waals surface area contributed by atoms with E-state index in [1.54, 1.807) is 7.05 Å². The molecular weight excluding hydrogens is 457 g/mol. The number of rotatable bonds is 8. The molecule has 1 aromatic carbocycles. The summed E-state index contributed by atoms with van der Waals surface area (Å²) in [6, 6.07) is 12.0. The van der Waals surface area contributed by atoms with Crippen molar-refractivity contribution in [3.63, 3.8) is 0 Å². The molecule has 1 heterocycles. The molecule has 27 heavy (non-hydrogen) atoms. The molecule has 3 N–H and O–H groups in total. The van der Waals surface area contributed by atoms with E-state index < -0.39 is 0 Å². The molecule has 0 atom stereocenters. The molecule has 8 heteroatoms. The lowest BCUT2D eigenvalue weighted by Gasteiger charge is -2.11. The van der Waals surface area contributed by atoms with Gasteiger partial charge >= 0.3 is 0 Å². The number of guanidine groups is 1. The standard InChI is InChI=1S/C19H27N5O2.HI/c1-14(2)17-11-16(26-24-17)12-22-19(20-3)23-13-18(25)21-10-9-15-7-5-4-6-8-15;/h4-8,11,14H,9-10,12-13H2,1-3H3,(H,21,25)(H2,20,22,23);1H. The third kappa shape index (κ3) is 8.42. The lowest BCUT2D eigenvalue weighted by atomic mass is 10.1. The van der Waals surface area contributed by atoms with Gasteiger partial charge in [0.25, 0.3) is 0 Å². The second-order valence-electron chi connectivity index (χ2n) is 6.24. The second-order valence-corrected chi connectivity index (χ2v) is 6.24. The van der Waals surface area contributed by atoms with E-state index in [-0.39, 0.29) is 36.4 Å². The molecule has 148 valence electrons. The zero-order valence-corrected chi connectivity index (χ0v) is 18.3. The van der Waals surface area contributed by atoms with Crippen LogP contribution in [0.1, 0.15) is 36.8 Å². The molecule has 0 aliphatic carbocycles. The van der Waals surface area contributed by atoms with Gasteiger partial charge in [0.05, 0.1) is 18.8 Å². The molecule has 0 unspecified atom stereocenters. The number of hydrogen-bond acceptors (Lipinski definition) is 4. The Bertz CT molecular complexity index is 716. The minimum Gasteiger partial charge on any atom is -0.359 e. The highest BCUT2D eigenvalue weighted by Gasteiger charge is 2.09. The van der Waals surface area contributed by atoms with Crippen LogP contribution < -0.4 is 16.0 Å². The highest BCUT2D eigenvalue weighted by molar-refractivity contribution is 14.0. The van der Waals surface area contributed by atoms with E-state index >= 15 is 0 Å². The van der Waals surface area contributed by atoms with Gasteiger partial charge in [-0.15, -0.1) is 24.0 Å². The number of hydrogen-bond donors (Lipinski definition) is 3. The molecular formula is C19H28IN5O2. The Kier molecular flexibility index (Phi) is 10.5. The lowest BCUT2D eigenvalue weighted by Crippen LogP contribution is -2.43. The Hall–Kier alpha value is -2.10. The lowest BCUT2D eigenvalue weighted by molar-refractivity contribution is -0.119. The van der Waals surface area contributed by atoms with Crippen LogP contribution in [0.15, 0.2) is 45.9 Å². The van der Waals surface area contributed by atoms with Gasteiger partial charge in [0.1, 0.15) is 0 Å². The van der Waals surface area contributed by atoms with Gasteiger partial charge in [-0.05, 0) is 17.9 Å². The van der Waals surface area contributed by atoms with Crippen LogP contribution in [0, 0.1) is 0 Å². The number of benzene rings is 1. The van der Waals surface area contributed by atoms with Crippen LogP contribution in [0.2, 0.25) is 0 Å². The fraction of sp³-hybridized carbons (Fsp3) is 0.421. The van der Waals surface area contributed by atoms with Crippen LogP contribution in [0.5, 0.6) is 0 Å². The first-order valence-corrected chi connectivity index (χ1v) is 8.79. The number of nitrogens with one attached hydrogen (secondary N) is 3. The molecule has 2 aromatic rings. The number of aliphatic imine (C=N–C) groups is 1. The Morgan fingerprint density at radius 2 is 1.93 bits per heavy atom. The molecule has 0 saturated heterocycles. The summed E-state index contributed by atoms with van der Waals surface area (Å²) >= 11 is 0. The largest absolute Gasteiger partial charge is 0.359 e. The number of carbonyl (C=O) groups is 1. The third-order valence-electron chi connectivity index (χ3n) is 3.82. The molecule has 0 aliphatic heterocycles. The predicted molar refractivity (Wildman–Crippen MR) is 117 cm³/mol. The number of amides is 1. The van der Waals surface area contributed by atoms with E-state index in [2.05, 4.69) is 39.9 Å². The van der Waals surface area contributed by atoms with Crippen LogP contribution in [0.4, 0.5) is 0 Å². The van der Waals surface area contributed by atoms with Gasteiger partial charge in [-0.1, -0.05) is 49.3 Å². The predicted octanol–water partition coefficient (Wildman–Crippen LogP) is 2.44. The van der Waals surface area contributed by atoms with E-state index in [0.717, 1.165) is 17.9 Å². The second kappa shape index (κ2) is 12.3. The normalized spacial score (nSPS) is 11.0. The highest BCUT2D eigenvalue weighted by atomic mass is 127. The van der Waals surface area contributed by atoms with Crippen LogP contribution >= 0.6 is 24.0 Å². The maximum absolute atomic E-state index is 11.9. The van der Waals surface area contributed by atoms with Crippen molar-refractivity contribution in [3.8, 4) is 0 Å². The maximum Gasteiger partial charge on any atom is 0.239 e. The molecule has 0 spiro atoms. The first-order chi connectivity index (χ1) is 12.6. The van der Waals surface area contributed by atoms with E-state index in [0.29, 0.717) is 25.0 Å². The van der Waals surface area contributed by atoms with Gasteiger partial charge in [0.2, 0.25) is 5.91 Å². The summed E-state index contributed by atoms with van der Waals surface area (Å²) in [6.07, 6.45) is 0.809. The third-order valence-corrected chi connectivity index (χ3v) is 3.82. The van der Waals surface area contributed by atoms with Crippen molar-refractivity contribution in [1.82, 2.24) is 21.1 Å². The van der Waals surface area contributed by atoms with Crippen molar-refractivity contribution in [2.75, 3.05) is 20.1 Å². The minimum absolute atomic E-state index is 0. The van der Waals surface area contributed by atoms with Crippen molar-refractivity contribution >= 4 is 35.8 Å². The molecule has 7 nitrogen and oxygen atoms in total. The van der Waals surface area contributed by atoms with Crippen molar-refractivity contribution in [3.05, 3.63) is 53.4 Å². The first kappa shape index (κ1) is 22.9. The zero-order valence-electron chi connectivity index (χ0n) is 16.0. The molecule has 0 bridgehead atoms.